The van der Waals surface area contributed by atoms with Crippen LogP contribution in [0.5, 0.6) is 0 Å². The van der Waals surface area contributed by atoms with Crippen LogP contribution < -0.4 is 5.32 Å². The van der Waals surface area contributed by atoms with Crippen LogP contribution >= 0.6 is 0 Å². The van der Waals surface area contributed by atoms with Gasteiger partial charge in [-0.2, -0.15) is 0 Å². The van der Waals surface area contributed by atoms with Crippen LogP contribution in [0.3, 0.4) is 0 Å². The van der Waals surface area contributed by atoms with Gasteiger partial charge in [-0.25, -0.2) is 0 Å². The number of hydrogen-bond donors (Lipinski definition) is 1. The van der Waals surface area contributed by atoms with Crippen LogP contribution in [-0.2, 0) is 9.53 Å². The second kappa shape index (κ2) is 8.25. The van der Waals surface area contributed by atoms with Crippen LogP contribution in [0.1, 0.15) is 59.8 Å². The minimum atomic E-state index is -0.562. The Hall–Kier alpha value is -1.68. The molecule has 0 heterocycles. The number of ketones is 1. The highest BCUT2D eigenvalue weighted by molar-refractivity contribution is 6.04. The van der Waals surface area contributed by atoms with Crippen molar-refractivity contribution in [3.05, 3.63) is 33.9 Å². The first kappa shape index (κ1) is 19.4. The van der Waals surface area contributed by atoms with Crippen molar-refractivity contribution in [2.24, 2.45) is 0 Å². The number of benzene rings is 1. The average molecular weight is 319 g/mol. The van der Waals surface area contributed by atoms with Gasteiger partial charge in [0.2, 0.25) is 0 Å². The molecule has 0 saturated heterocycles. The highest BCUT2D eigenvalue weighted by Crippen LogP contribution is 2.24. The van der Waals surface area contributed by atoms with E-state index in [1.807, 2.05) is 41.5 Å². The fourth-order valence-electron chi connectivity index (χ4n) is 2.78. The van der Waals surface area contributed by atoms with E-state index >= 15 is 0 Å². The smallest absolute Gasteiger partial charge is 0.307 e. The van der Waals surface area contributed by atoms with Crippen LogP contribution in [0.15, 0.2) is 6.07 Å². The molecule has 0 amide bonds. The summed E-state index contributed by atoms with van der Waals surface area (Å²) < 4.78 is 5.02. The first-order valence-corrected chi connectivity index (χ1v) is 8.22. The van der Waals surface area contributed by atoms with Crippen LogP contribution in [0.2, 0.25) is 0 Å². The molecule has 0 aliphatic rings. The van der Waals surface area contributed by atoms with E-state index in [0.29, 0.717) is 6.61 Å². The minimum absolute atomic E-state index is 0.0337. The molecule has 1 atom stereocenters. The Labute approximate surface area is 139 Å². The van der Waals surface area contributed by atoms with Crippen molar-refractivity contribution in [1.29, 1.82) is 0 Å². The first-order valence-electron chi connectivity index (χ1n) is 8.22. The number of esters is 1. The molecule has 1 aromatic rings. The van der Waals surface area contributed by atoms with Gasteiger partial charge in [0, 0.05) is 11.6 Å². The van der Waals surface area contributed by atoms with Gasteiger partial charge in [0.25, 0.3) is 0 Å². The summed E-state index contributed by atoms with van der Waals surface area (Å²) in [4.78, 5) is 25.0. The van der Waals surface area contributed by atoms with Crippen LogP contribution in [0.25, 0.3) is 0 Å². The fourth-order valence-corrected chi connectivity index (χ4v) is 2.78. The summed E-state index contributed by atoms with van der Waals surface area (Å²) in [7, 11) is 0. The highest BCUT2D eigenvalue weighted by atomic mass is 16.5. The predicted octanol–water partition coefficient (Wildman–Crippen LogP) is 3.42. The van der Waals surface area contributed by atoms with Gasteiger partial charge < -0.3 is 10.1 Å². The normalized spacial score (nSPS) is 12.3. The molecule has 0 radical (unpaired) electrons. The van der Waals surface area contributed by atoms with Gasteiger partial charge in [-0.05, 0) is 56.9 Å². The molecule has 1 aromatic carbocycles. The lowest BCUT2D eigenvalue weighted by atomic mass is 9.88. The van der Waals surface area contributed by atoms with Gasteiger partial charge in [0.05, 0.1) is 19.1 Å². The van der Waals surface area contributed by atoms with Gasteiger partial charge in [-0.1, -0.05) is 19.9 Å². The third kappa shape index (κ3) is 4.90. The van der Waals surface area contributed by atoms with Crippen LogP contribution in [0, 0.1) is 27.7 Å². The van der Waals surface area contributed by atoms with Crippen molar-refractivity contribution in [2.45, 2.75) is 67.0 Å². The molecule has 4 nitrogen and oxygen atoms in total. The maximum absolute atomic E-state index is 13.1. The van der Waals surface area contributed by atoms with Gasteiger partial charge >= 0.3 is 5.97 Å². The number of ether oxygens (including phenoxy) is 1. The summed E-state index contributed by atoms with van der Waals surface area (Å²) in [6.45, 7) is 14.0. The monoisotopic (exact) mass is 319 g/mol. The zero-order valence-corrected chi connectivity index (χ0v) is 15.4. The zero-order chi connectivity index (χ0) is 17.7. The van der Waals surface area contributed by atoms with E-state index in [1.165, 1.54) is 0 Å². The SMILES string of the molecule is CCOC(=O)CC(NC(C)C)C(=O)c1c(C)c(C)cc(C)c1C. The molecule has 0 fully saturated rings. The zero-order valence-electron chi connectivity index (χ0n) is 15.4. The Bertz CT molecular complexity index is 565. The van der Waals surface area contributed by atoms with Gasteiger partial charge in [0.15, 0.2) is 5.78 Å². The van der Waals surface area contributed by atoms with Crippen molar-refractivity contribution in [1.82, 2.24) is 5.32 Å². The van der Waals surface area contributed by atoms with Crippen LogP contribution in [-0.4, -0.2) is 30.4 Å². The molecule has 0 aromatic heterocycles. The summed E-state index contributed by atoms with van der Waals surface area (Å²) in [5.41, 5.74) is 4.88. The third-order valence-electron chi connectivity index (χ3n) is 4.14. The van der Waals surface area contributed by atoms with E-state index < -0.39 is 6.04 Å². The maximum Gasteiger partial charge on any atom is 0.307 e. The Morgan fingerprint density at radius 2 is 1.61 bits per heavy atom. The number of carbonyl (C=O) groups is 2. The van der Waals surface area contributed by atoms with E-state index in [4.69, 9.17) is 4.74 Å². The molecule has 1 unspecified atom stereocenters. The van der Waals surface area contributed by atoms with E-state index in [-0.39, 0.29) is 24.2 Å². The third-order valence-corrected chi connectivity index (χ3v) is 4.14. The Morgan fingerprint density at radius 3 is 2.04 bits per heavy atom. The molecule has 1 N–H and O–H groups in total. The lowest BCUT2D eigenvalue weighted by molar-refractivity contribution is -0.143. The molecule has 0 bridgehead atoms. The van der Waals surface area contributed by atoms with E-state index in [1.54, 1.807) is 6.92 Å². The Kier molecular flexibility index (Phi) is 6.95. The van der Waals surface area contributed by atoms with Gasteiger partial charge in [-0.15, -0.1) is 0 Å². The van der Waals surface area contributed by atoms with Gasteiger partial charge in [0.1, 0.15) is 0 Å². The van der Waals surface area contributed by atoms with Crippen LogP contribution in [0.4, 0.5) is 0 Å². The largest absolute Gasteiger partial charge is 0.466 e. The lowest BCUT2D eigenvalue weighted by Crippen LogP contribution is -2.43. The summed E-state index contributed by atoms with van der Waals surface area (Å²) >= 11 is 0. The summed E-state index contributed by atoms with van der Waals surface area (Å²) in [6.07, 6.45) is 0.0523. The average Bonchev–Trinajstić information content (AvgIpc) is 2.44. The number of rotatable bonds is 7. The molecule has 23 heavy (non-hydrogen) atoms. The molecule has 0 aliphatic carbocycles. The van der Waals surface area contributed by atoms with E-state index in [9.17, 15) is 9.59 Å². The fraction of sp³-hybridized carbons (Fsp3) is 0.579. The second-order valence-electron chi connectivity index (χ2n) is 6.38. The Balaban J connectivity index is 3.22. The topological polar surface area (TPSA) is 55.4 Å². The molecule has 4 heteroatoms. The number of nitrogens with one attached hydrogen (secondary N) is 1. The van der Waals surface area contributed by atoms with Gasteiger partial charge in [-0.3, -0.25) is 9.59 Å². The minimum Gasteiger partial charge on any atom is -0.466 e. The molecule has 0 saturated carbocycles. The highest BCUT2D eigenvalue weighted by Gasteiger charge is 2.27. The first-order chi connectivity index (χ1) is 10.7. The number of carbonyl (C=O) groups excluding carboxylic acids is 2. The Morgan fingerprint density at radius 1 is 1.09 bits per heavy atom. The summed E-state index contributed by atoms with van der Waals surface area (Å²) in [6, 6.07) is 1.63. The lowest BCUT2D eigenvalue weighted by Gasteiger charge is -2.22. The second-order valence-corrected chi connectivity index (χ2v) is 6.38. The number of Topliss-reactive ketones (excluding diaryl/α,β-unsaturated/α-hetero) is 1. The molecule has 0 aliphatic heterocycles. The van der Waals surface area contributed by atoms with E-state index in [2.05, 4.69) is 11.4 Å². The van der Waals surface area contributed by atoms with Crippen molar-refractivity contribution >= 4 is 11.8 Å². The van der Waals surface area contributed by atoms with Crippen molar-refractivity contribution in [3.8, 4) is 0 Å². The predicted molar refractivity (Wildman–Crippen MR) is 93.0 cm³/mol. The maximum atomic E-state index is 13.1. The molecule has 128 valence electrons. The van der Waals surface area contributed by atoms with Crippen molar-refractivity contribution in [3.63, 3.8) is 0 Å². The van der Waals surface area contributed by atoms with Crippen molar-refractivity contribution < 1.29 is 14.3 Å². The summed E-state index contributed by atoms with van der Waals surface area (Å²) in [5.74, 6) is -0.382. The van der Waals surface area contributed by atoms with E-state index in [0.717, 1.165) is 27.8 Å². The van der Waals surface area contributed by atoms with Crippen molar-refractivity contribution in [2.75, 3.05) is 6.61 Å². The number of hydrogen-bond acceptors (Lipinski definition) is 4. The molecular weight excluding hydrogens is 290 g/mol. The number of aryl methyl sites for hydroxylation is 2. The molecular formula is C19H29NO3. The summed E-state index contributed by atoms with van der Waals surface area (Å²) in [5, 5.41) is 3.21. The quantitative estimate of drug-likeness (QED) is 0.618. The molecule has 1 rings (SSSR count). The standard InChI is InChI=1S/C19H29NO3/c1-8-23-17(21)10-16(20-11(2)3)19(22)18-14(6)12(4)9-13(5)15(18)7/h9,11,16,20H,8,10H2,1-7H3. The molecule has 0 spiro atoms.